The van der Waals surface area contributed by atoms with E-state index in [0.29, 0.717) is 11.3 Å². The Kier molecular flexibility index (Phi) is 5.71. The molecule has 9 heteroatoms. The number of nitrogens with zero attached hydrogens (tertiary/aromatic N) is 2. The number of ether oxygens (including phenoxy) is 1. The Morgan fingerprint density at radius 2 is 1.88 bits per heavy atom. The second kappa shape index (κ2) is 6.93. The quantitative estimate of drug-likeness (QED) is 0.717. The second-order valence-corrected chi connectivity index (χ2v) is 11.2. The van der Waals surface area contributed by atoms with Crippen molar-refractivity contribution < 1.29 is 13.7 Å². The minimum atomic E-state index is -1.37. The van der Waals surface area contributed by atoms with E-state index in [2.05, 4.69) is 9.71 Å². The number of hydrogen-bond donors (Lipinski definition) is 1. The van der Waals surface area contributed by atoms with E-state index in [-0.39, 0.29) is 16.9 Å². The zero-order valence-corrected chi connectivity index (χ0v) is 18.4. The van der Waals surface area contributed by atoms with E-state index >= 15 is 0 Å². The number of rotatable bonds is 2. The van der Waals surface area contributed by atoms with E-state index in [4.69, 9.17) is 27.9 Å². The summed E-state index contributed by atoms with van der Waals surface area (Å²) in [4.78, 5) is 18.2. The molecule has 1 unspecified atom stereocenters. The highest BCUT2D eigenvalue weighted by molar-refractivity contribution is 7.84. The third-order valence-electron chi connectivity index (χ3n) is 3.75. The molecule has 2 atom stereocenters. The second-order valence-electron chi connectivity index (χ2n) is 8.51. The van der Waals surface area contributed by atoms with Crippen molar-refractivity contribution in [3.8, 4) is 0 Å². The highest BCUT2D eigenvalue weighted by Gasteiger charge is 2.46. The lowest BCUT2D eigenvalue weighted by molar-refractivity contribution is 0.0578. The number of fused-ring (bicyclic) bond motifs is 1. The number of anilines is 1. The van der Waals surface area contributed by atoms with Crippen LogP contribution < -0.4 is 9.62 Å². The molecule has 1 aromatic rings. The summed E-state index contributed by atoms with van der Waals surface area (Å²) in [5.74, 6) is 0. The molecule has 0 radical (unpaired) electrons. The van der Waals surface area contributed by atoms with E-state index in [0.717, 1.165) is 0 Å². The molecule has 0 bridgehead atoms. The Morgan fingerprint density at radius 3 is 2.38 bits per heavy atom. The molecule has 1 amide bonds. The first kappa shape index (κ1) is 21.4. The maximum Gasteiger partial charge on any atom is 0.414 e. The van der Waals surface area contributed by atoms with Crippen molar-refractivity contribution in [3.63, 3.8) is 0 Å². The van der Waals surface area contributed by atoms with Gasteiger partial charge in [-0.1, -0.05) is 23.2 Å². The van der Waals surface area contributed by atoms with E-state index in [1.54, 1.807) is 26.8 Å². The predicted molar refractivity (Wildman–Crippen MR) is 106 cm³/mol. The number of hydrogen-bond acceptors (Lipinski definition) is 4. The van der Waals surface area contributed by atoms with Gasteiger partial charge >= 0.3 is 6.09 Å². The molecule has 26 heavy (non-hydrogen) atoms. The van der Waals surface area contributed by atoms with Crippen LogP contribution in [-0.2, 0) is 21.3 Å². The summed E-state index contributed by atoms with van der Waals surface area (Å²) in [5, 5.41) is 0.305. The van der Waals surface area contributed by atoms with Crippen LogP contribution in [0.2, 0.25) is 10.3 Å². The molecular formula is C17H25Cl2N3O3S. The molecule has 146 valence electrons. The third-order valence-corrected chi connectivity index (χ3v) is 5.95. The number of carbonyl (C=O) groups is 1. The van der Waals surface area contributed by atoms with Crippen molar-refractivity contribution in [2.45, 2.75) is 64.4 Å². The van der Waals surface area contributed by atoms with Crippen molar-refractivity contribution in [1.82, 2.24) is 9.71 Å². The molecule has 0 saturated heterocycles. The summed E-state index contributed by atoms with van der Waals surface area (Å²) < 4.78 is 20.8. The van der Waals surface area contributed by atoms with Gasteiger partial charge in [-0.2, -0.15) is 0 Å². The van der Waals surface area contributed by atoms with Gasteiger partial charge in [-0.25, -0.2) is 18.7 Å². The Bertz CT molecular complexity index is 759. The smallest absolute Gasteiger partial charge is 0.414 e. The molecule has 0 aliphatic carbocycles. The zero-order chi connectivity index (χ0) is 20.1. The number of carbonyl (C=O) groups excluding carboxylic acids is 1. The average molecular weight is 422 g/mol. The van der Waals surface area contributed by atoms with Crippen LogP contribution in [0.4, 0.5) is 10.5 Å². The molecular weight excluding hydrogens is 397 g/mol. The van der Waals surface area contributed by atoms with Crippen LogP contribution in [0.15, 0.2) is 6.07 Å². The van der Waals surface area contributed by atoms with Crippen LogP contribution >= 0.6 is 23.2 Å². The fraction of sp³-hybridized carbons (Fsp3) is 0.647. The number of halogens is 2. The third kappa shape index (κ3) is 4.50. The van der Waals surface area contributed by atoms with Gasteiger partial charge in [0, 0.05) is 5.56 Å². The van der Waals surface area contributed by atoms with Gasteiger partial charge in [0.1, 0.15) is 10.8 Å². The SMILES string of the molecule is CC(C)(C)OC(=O)N1C[C@@](C)(NS(=O)C(C)(C)C)c2cc(Cl)nc(Cl)c21. The summed E-state index contributed by atoms with van der Waals surface area (Å²) in [7, 11) is -1.37. The van der Waals surface area contributed by atoms with Crippen LogP contribution in [0.3, 0.4) is 0 Å². The highest BCUT2D eigenvalue weighted by Crippen LogP contribution is 2.44. The molecule has 0 saturated carbocycles. The number of aromatic nitrogens is 1. The van der Waals surface area contributed by atoms with Gasteiger partial charge in [-0.05, 0) is 54.5 Å². The molecule has 6 nitrogen and oxygen atoms in total. The lowest BCUT2D eigenvalue weighted by Gasteiger charge is -2.31. The Labute approximate surface area is 167 Å². The van der Waals surface area contributed by atoms with Gasteiger partial charge in [0.2, 0.25) is 0 Å². The number of amides is 1. The zero-order valence-electron chi connectivity index (χ0n) is 16.1. The van der Waals surface area contributed by atoms with Crippen LogP contribution in [0.25, 0.3) is 0 Å². The van der Waals surface area contributed by atoms with Gasteiger partial charge in [0.25, 0.3) is 0 Å². The summed E-state index contributed by atoms with van der Waals surface area (Å²) >= 11 is 12.4. The van der Waals surface area contributed by atoms with E-state index in [1.165, 1.54) is 4.90 Å². The molecule has 2 heterocycles. The van der Waals surface area contributed by atoms with Crippen LogP contribution in [0.5, 0.6) is 0 Å². The normalized spacial score (nSPS) is 21.5. The van der Waals surface area contributed by atoms with Crippen molar-refractivity contribution in [2.75, 3.05) is 11.4 Å². The fourth-order valence-electron chi connectivity index (χ4n) is 2.55. The minimum Gasteiger partial charge on any atom is -0.443 e. The van der Waals surface area contributed by atoms with E-state index < -0.39 is 33.0 Å². The molecule has 1 N–H and O–H groups in total. The molecule has 1 aliphatic heterocycles. The number of pyridine rings is 1. The van der Waals surface area contributed by atoms with Gasteiger partial charge in [0.15, 0.2) is 5.15 Å². The standard InChI is InChI=1S/C17H25Cl2N3O3S/c1-15(2,3)25-14(23)22-9-17(7,21-26(24)16(4,5)6)10-8-11(18)20-13(19)12(10)22/h8,21H,9H2,1-7H3/t17-,26?/m1/s1. The Hall–Kier alpha value is -0.890. The maximum absolute atomic E-state index is 12.7. The molecule has 2 rings (SSSR count). The molecule has 1 aliphatic rings. The molecule has 0 fully saturated rings. The minimum absolute atomic E-state index is 0.102. The average Bonchev–Trinajstić information content (AvgIpc) is 2.69. The fourth-order valence-corrected chi connectivity index (χ4v) is 3.97. The number of nitrogens with one attached hydrogen (secondary N) is 1. The first-order chi connectivity index (χ1) is 11.6. The van der Waals surface area contributed by atoms with Crippen molar-refractivity contribution >= 4 is 46.0 Å². The first-order valence-corrected chi connectivity index (χ1v) is 10.1. The van der Waals surface area contributed by atoms with Gasteiger partial charge in [0.05, 0.1) is 33.5 Å². The van der Waals surface area contributed by atoms with Crippen molar-refractivity contribution in [3.05, 3.63) is 21.9 Å². The predicted octanol–water partition coefficient (Wildman–Crippen LogP) is 4.41. The monoisotopic (exact) mass is 421 g/mol. The summed E-state index contributed by atoms with van der Waals surface area (Å²) in [5.41, 5.74) is -0.401. The first-order valence-electron chi connectivity index (χ1n) is 8.21. The van der Waals surface area contributed by atoms with Crippen LogP contribution in [-0.4, -0.2) is 32.2 Å². The molecule has 1 aromatic heterocycles. The topological polar surface area (TPSA) is 71.5 Å². The Morgan fingerprint density at radius 1 is 1.31 bits per heavy atom. The van der Waals surface area contributed by atoms with Crippen LogP contribution in [0, 0.1) is 0 Å². The van der Waals surface area contributed by atoms with Crippen molar-refractivity contribution in [2.24, 2.45) is 0 Å². The Balaban J connectivity index is 2.50. The summed E-state index contributed by atoms with van der Waals surface area (Å²) in [6.45, 7) is 13.0. The van der Waals surface area contributed by atoms with Crippen LogP contribution in [0.1, 0.15) is 54.0 Å². The lowest BCUT2D eigenvalue weighted by Crippen LogP contribution is -2.49. The van der Waals surface area contributed by atoms with Gasteiger partial charge in [-0.15, -0.1) is 0 Å². The highest BCUT2D eigenvalue weighted by atomic mass is 35.5. The largest absolute Gasteiger partial charge is 0.443 e. The van der Waals surface area contributed by atoms with E-state index in [1.807, 2.05) is 27.7 Å². The van der Waals surface area contributed by atoms with E-state index in [9.17, 15) is 9.00 Å². The van der Waals surface area contributed by atoms with Gasteiger partial charge in [-0.3, -0.25) is 4.90 Å². The molecule has 0 aromatic carbocycles. The van der Waals surface area contributed by atoms with Gasteiger partial charge < -0.3 is 4.74 Å². The lowest BCUT2D eigenvalue weighted by atomic mass is 9.97. The summed E-state index contributed by atoms with van der Waals surface area (Å²) in [6.07, 6.45) is -0.545. The molecule has 0 spiro atoms. The van der Waals surface area contributed by atoms with Crippen molar-refractivity contribution in [1.29, 1.82) is 0 Å². The maximum atomic E-state index is 12.7. The summed E-state index contributed by atoms with van der Waals surface area (Å²) in [6, 6.07) is 1.64.